The molecule has 0 atom stereocenters. The largest absolute Gasteiger partial charge is 0.451 e. The van der Waals surface area contributed by atoms with Gasteiger partial charge in [-0.05, 0) is 54.5 Å². The van der Waals surface area contributed by atoms with Crippen LogP contribution in [0.2, 0.25) is 0 Å². The fraction of sp³-hybridized carbons (Fsp3) is 0.182. The van der Waals surface area contributed by atoms with E-state index >= 15 is 4.39 Å². The van der Waals surface area contributed by atoms with Gasteiger partial charge in [0.2, 0.25) is 23.3 Å². The highest BCUT2D eigenvalue weighted by Crippen LogP contribution is 2.48. The minimum atomic E-state index is -1.76. The monoisotopic (exact) mass is 806 g/mol. The van der Waals surface area contributed by atoms with Crippen molar-refractivity contribution in [3.8, 4) is 22.8 Å². The van der Waals surface area contributed by atoms with E-state index in [0.717, 1.165) is 22.8 Å². The molecule has 8 rings (SSSR count). The summed E-state index contributed by atoms with van der Waals surface area (Å²) in [4.78, 5) is 22.2. The maximum atomic E-state index is 15.7. The molecule has 58 heavy (non-hydrogen) atoms. The van der Waals surface area contributed by atoms with Crippen LogP contribution in [0.3, 0.4) is 0 Å². The SMILES string of the molecule is Nc1ncnc2c1c(-c1ccc(Oc3c(F)c(F)cc(F)c3F)cc1F)nn2C1CCC(NC(=O)CSC(c2ccccc2)(c2ccccc2)c2ccccc2)CC1. The van der Waals surface area contributed by atoms with Crippen LogP contribution in [0.1, 0.15) is 48.4 Å². The number of amides is 1. The average Bonchev–Trinajstić information content (AvgIpc) is 3.64. The van der Waals surface area contributed by atoms with Gasteiger partial charge in [-0.25, -0.2) is 27.8 Å². The topological polar surface area (TPSA) is 108 Å². The molecule has 2 aromatic heterocycles. The van der Waals surface area contributed by atoms with Gasteiger partial charge in [-0.2, -0.15) is 13.9 Å². The number of nitrogens with two attached hydrogens (primary N) is 1. The molecule has 0 aliphatic heterocycles. The summed E-state index contributed by atoms with van der Waals surface area (Å²) in [7, 11) is 0. The van der Waals surface area contributed by atoms with Crippen molar-refractivity contribution in [3.63, 3.8) is 0 Å². The standard InChI is InChI=1S/C44H35F5N6O2S/c45-33-22-31(57-41-38(48)34(46)23-35(47)39(41)49)20-21-32(33)40-37-42(50)51-25-52-43(37)55(54-40)30-18-16-29(17-19-30)53-36(56)24-58-44(26-10-4-1-5-11-26,27-12-6-2-7-13-27)28-14-8-3-9-15-28/h1-15,20-23,25,29-30H,16-19,24H2,(H,53,56)(H2,50,51,52). The number of anilines is 1. The lowest BCUT2D eigenvalue weighted by molar-refractivity contribution is -0.119. The zero-order chi connectivity index (χ0) is 40.4. The summed E-state index contributed by atoms with van der Waals surface area (Å²) in [5, 5.41) is 8.29. The van der Waals surface area contributed by atoms with Crippen molar-refractivity contribution < 1.29 is 31.5 Å². The molecule has 8 nitrogen and oxygen atoms in total. The summed E-state index contributed by atoms with van der Waals surface area (Å²) >= 11 is 1.58. The first kappa shape index (κ1) is 38.6. The van der Waals surface area contributed by atoms with Gasteiger partial charge in [0.25, 0.3) is 0 Å². The maximum Gasteiger partial charge on any atom is 0.230 e. The molecule has 1 amide bonds. The molecular formula is C44H35F5N6O2S. The number of thioether (sulfide) groups is 1. The van der Waals surface area contributed by atoms with Crippen molar-refractivity contribution in [2.45, 2.75) is 42.5 Å². The predicted octanol–water partition coefficient (Wildman–Crippen LogP) is 9.89. The van der Waals surface area contributed by atoms with E-state index in [2.05, 4.69) is 51.7 Å². The number of rotatable bonds is 11. The minimum Gasteiger partial charge on any atom is -0.451 e. The van der Waals surface area contributed by atoms with Crippen molar-refractivity contribution in [2.75, 3.05) is 11.5 Å². The van der Waals surface area contributed by atoms with Crippen molar-refractivity contribution in [1.82, 2.24) is 25.1 Å². The van der Waals surface area contributed by atoms with Crippen LogP contribution in [0.4, 0.5) is 27.8 Å². The fourth-order valence-electron chi connectivity index (χ4n) is 7.63. The molecule has 2 heterocycles. The summed E-state index contributed by atoms with van der Waals surface area (Å²) in [6, 6.07) is 33.6. The van der Waals surface area contributed by atoms with Crippen LogP contribution in [-0.2, 0) is 9.54 Å². The highest BCUT2D eigenvalue weighted by atomic mass is 32.2. The van der Waals surface area contributed by atoms with Gasteiger partial charge in [-0.1, -0.05) is 91.0 Å². The third-order valence-electron chi connectivity index (χ3n) is 10.4. The number of nitrogen functional groups attached to an aromatic ring is 1. The van der Waals surface area contributed by atoms with Gasteiger partial charge in [0.15, 0.2) is 17.3 Å². The molecule has 0 saturated heterocycles. The molecule has 7 aromatic rings. The quantitative estimate of drug-likeness (QED) is 0.0762. The van der Waals surface area contributed by atoms with Gasteiger partial charge in [0.1, 0.15) is 29.4 Å². The highest BCUT2D eigenvalue weighted by Gasteiger charge is 2.38. The number of carbonyl (C=O) groups is 1. The van der Waals surface area contributed by atoms with E-state index in [1.165, 1.54) is 18.5 Å². The lowest BCUT2D eigenvalue weighted by atomic mass is 9.84. The van der Waals surface area contributed by atoms with Gasteiger partial charge in [-0.3, -0.25) is 4.79 Å². The van der Waals surface area contributed by atoms with Crippen LogP contribution >= 0.6 is 11.8 Å². The third-order valence-corrected chi connectivity index (χ3v) is 11.9. The second kappa shape index (κ2) is 16.3. The lowest BCUT2D eigenvalue weighted by Crippen LogP contribution is -2.40. The van der Waals surface area contributed by atoms with Crippen LogP contribution in [0, 0.1) is 29.1 Å². The van der Waals surface area contributed by atoms with Crippen LogP contribution in [-0.4, -0.2) is 37.5 Å². The molecule has 3 N–H and O–H groups in total. The number of hydrogen-bond donors (Lipinski definition) is 2. The number of hydrogen-bond acceptors (Lipinski definition) is 7. The highest BCUT2D eigenvalue weighted by molar-refractivity contribution is 8.01. The van der Waals surface area contributed by atoms with Crippen LogP contribution in [0.25, 0.3) is 22.3 Å². The molecule has 0 bridgehead atoms. The Morgan fingerprint density at radius 3 is 1.88 bits per heavy atom. The first-order chi connectivity index (χ1) is 28.1. The predicted molar refractivity (Wildman–Crippen MR) is 213 cm³/mol. The van der Waals surface area contributed by atoms with Crippen LogP contribution in [0.15, 0.2) is 122 Å². The number of fused-ring (bicyclic) bond motifs is 1. The summed E-state index contributed by atoms with van der Waals surface area (Å²) in [6.45, 7) is 0. The van der Waals surface area contributed by atoms with Gasteiger partial charge < -0.3 is 15.8 Å². The molecule has 1 aliphatic carbocycles. The molecule has 0 unspecified atom stereocenters. The molecule has 14 heteroatoms. The van der Waals surface area contributed by atoms with E-state index in [0.29, 0.717) is 36.7 Å². The fourth-order valence-corrected chi connectivity index (χ4v) is 8.96. The first-order valence-corrected chi connectivity index (χ1v) is 19.5. The van der Waals surface area contributed by atoms with E-state index < -0.39 is 45.3 Å². The van der Waals surface area contributed by atoms with Gasteiger partial charge >= 0.3 is 0 Å². The summed E-state index contributed by atoms with van der Waals surface area (Å²) < 4.78 is 77.8. The Labute approximate surface area is 334 Å². The number of carbonyl (C=O) groups excluding carboxylic acids is 1. The number of nitrogens with zero attached hydrogens (tertiary/aromatic N) is 4. The molecule has 294 valence electrons. The van der Waals surface area contributed by atoms with Crippen LogP contribution < -0.4 is 15.8 Å². The van der Waals surface area contributed by atoms with E-state index in [1.54, 1.807) is 16.4 Å². The first-order valence-electron chi connectivity index (χ1n) is 18.5. The maximum absolute atomic E-state index is 15.7. The van der Waals surface area contributed by atoms with Crippen molar-refractivity contribution in [2.24, 2.45) is 0 Å². The summed E-state index contributed by atoms with van der Waals surface area (Å²) in [6.07, 6.45) is 3.83. The second-order valence-electron chi connectivity index (χ2n) is 13.9. The third kappa shape index (κ3) is 7.35. The van der Waals surface area contributed by atoms with Gasteiger partial charge in [0.05, 0.1) is 21.9 Å². The Kier molecular flexibility index (Phi) is 10.8. The zero-order valence-electron chi connectivity index (χ0n) is 30.7. The Morgan fingerprint density at radius 1 is 0.759 bits per heavy atom. The van der Waals surface area contributed by atoms with E-state index in [1.807, 2.05) is 54.6 Å². The Balaban J connectivity index is 0.985. The minimum absolute atomic E-state index is 0.0417. The van der Waals surface area contributed by atoms with E-state index in [-0.39, 0.29) is 46.9 Å². The number of aromatic nitrogens is 4. The molecule has 1 aliphatic rings. The van der Waals surface area contributed by atoms with Gasteiger partial charge in [-0.15, -0.1) is 11.8 Å². The lowest BCUT2D eigenvalue weighted by Gasteiger charge is -2.35. The van der Waals surface area contributed by atoms with Crippen molar-refractivity contribution in [3.05, 3.63) is 167 Å². The number of benzene rings is 5. The normalized spacial score (nSPS) is 15.7. The van der Waals surface area contributed by atoms with Crippen molar-refractivity contribution in [1.29, 1.82) is 0 Å². The molecule has 1 saturated carbocycles. The summed E-state index contributed by atoms with van der Waals surface area (Å²) in [5.74, 6) is -9.34. The van der Waals surface area contributed by atoms with Gasteiger partial charge in [0, 0.05) is 23.7 Å². The zero-order valence-corrected chi connectivity index (χ0v) is 31.5. The van der Waals surface area contributed by atoms with E-state index in [9.17, 15) is 22.4 Å². The second-order valence-corrected chi connectivity index (χ2v) is 15.1. The molecule has 0 radical (unpaired) electrons. The molecule has 5 aromatic carbocycles. The number of ether oxygens (including phenoxy) is 1. The molecule has 0 spiro atoms. The number of halogens is 5. The Hall–Kier alpha value is -6.28. The van der Waals surface area contributed by atoms with E-state index in [4.69, 9.17) is 15.6 Å². The average molecular weight is 807 g/mol. The van der Waals surface area contributed by atoms with Crippen LogP contribution in [0.5, 0.6) is 11.5 Å². The Bertz CT molecular complexity index is 2470. The number of nitrogens with one attached hydrogen (secondary N) is 1. The molecule has 1 fully saturated rings. The van der Waals surface area contributed by atoms with Crippen molar-refractivity contribution >= 4 is 34.5 Å². The summed E-state index contributed by atoms with van der Waals surface area (Å²) in [5.41, 5.74) is 9.93. The molecular weight excluding hydrogens is 772 g/mol. The Morgan fingerprint density at radius 2 is 1.33 bits per heavy atom. The smallest absolute Gasteiger partial charge is 0.230 e.